The fourth-order valence-corrected chi connectivity index (χ4v) is 1.34. The second kappa shape index (κ2) is 3.94. The molecule has 0 spiro atoms. The SMILES string of the molecule is Cc1oc(C#N)c(C([NH3+])=O)c1CC(N)=O. The summed E-state index contributed by atoms with van der Waals surface area (Å²) in [6, 6.07) is 1.73. The first kappa shape index (κ1) is 10.9. The lowest BCUT2D eigenvalue weighted by molar-refractivity contribution is -0.255. The number of nitriles is 1. The van der Waals surface area contributed by atoms with Crippen molar-refractivity contribution in [2.75, 3.05) is 0 Å². The van der Waals surface area contributed by atoms with Crippen LogP contribution in [-0.2, 0) is 11.2 Å². The molecule has 1 aromatic heterocycles. The Morgan fingerprint density at radius 3 is 2.60 bits per heavy atom. The van der Waals surface area contributed by atoms with Gasteiger partial charge in [0.2, 0.25) is 11.7 Å². The van der Waals surface area contributed by atoms with Gasteiger partial charge in [0.1, 0.15) is 17.4 Å². The highest BCUT2D eigenvalue weighted by Crippen LogP contribution is 2.21. The van der Waals surface area contributed by atoms with Crippen molar-refractivity contribution in [1.82, 2.24) is 0 Å². The molecule has 6 heteroatoms. The van der Waals surface area contributed by atoms with Crippen LogP contribution in [0.3, 0.4) is 0 Å². The van der Waals surface area contributed by atoms with E-state index in [1.165, 1.54) is 0 Å². The summed E-state index contributed by atoms with van der Waals surface area (Å²) in [5.41, 5.74) is 8.61. The first-order chi connectivity index (χ1) is 6.97. The van der Waals surface area contributed by atoms with E-state index in [1.54, 1.807) is 13.0 Å². The Morgan fingerprint density at radius 1 is 1.60 bits per heavy atom. The summed E-state index contributed by atoms with van der Waals surface area (Å²) in [6.45, 7) is 1.56. The number of primary amides is 1. The number of quaternary nitrogens is 1. The number of carbonyl (C=O) groups is 2. The zero-order chi connectivity index (χ0) is 11.6. The van der Waals surface area contributed by atoms with Gasteiger partial charge in [-0.05, 0) is 6.92 Å². The van der Waals surface area contributed by atoms with E-state index in [1.807, 2.05) is 0 Å². The number of aryl methyl sites for hydroxylation is 1. The van der Waals surface area contributed by atoms with Crippen LogP contribution in [0.25, 0.3) is 0 Å². The number of nitrogens with zero attached hydrogens (tertiary/aromatic N) is 1. The maximum atomic E-state index is 11.2. The van der Waals surface area contributed by atoms with Gasteiger partial charge >= 0.3 is 5.91 Å². The van der Waals surface area contributed by atoms with Gasteiger partial charge < -0.3 is 10.2 Å². The van der Waals surface area contributed by atoms with Crippen LogP contribution < -0.4 is 11.5 Å². The summed E-state index contributed by atoms with van der Waals surface area (Å²) >= 11 is 0. The molecule has 0 atom stereocenters. The first-order valence-corrected chi connectivity index (χ1v) is 4.14. The molecule has 0 aromatic carbocycles. The van der Waals surface area contributed by atoms with Gasteiger partial charge in [-0.25, -0.2) is 4.79 Å². The van der Waals surface area contributed by atoms with Crippen LogP contribution in [0, 0.1) is 18.3 Å². The van der Waals surface area contributed by atoms with E-state index in [2.05, 4.69) is 5.73 Å². The van der Waals surface area contributed by atoms with E-state index >= 15 is 0 Å². The Morgan fingerprint density at radius 2 is 2.20 bits per heavy atom. The van der Waals surface area contributed by atoms with Crippen molar-refractivity contribution in [3.05, 3.63) is 22.6 Å². The average molecular weight is 208 g/mol. The lowest BCUT2D eigenvalue weighted by atomic mass is 10.1. The van der Waals surface area contributed by atoms with Gasteiger partial charge in [-0.2, -0.15) is 5.26 Å². The number of nitrogens with two attached hydrogens (primary N) is 1. The van der Waals surface area contributed by atoms with E-state index in [9.17, 15) is 9.59 Å². The normalized spacial score (nSPS) is 9.67. The highest BCUT2D eigenvalue weighted by molar-refractivity contribution is 5.92. The molecular weight excluding hydrogens is 198 g/mol. The number of amides is 2. The van der Waals surface area contributed by atoms with Gasteiger partial charge in [-0.3, -0.25) is 10.5 Å². The van der Waals surface area contributed by atoms with Gasteiger partial charge in [0.25, 0.3) is 0 Å². The summed E-state index contributed by atoms with van der Waals surface area (Å²) in [5.74, 6) is -0.924. The van der Waals surface area contributed by atoms with Gasteiger partial charge in [-0.1, -0.05) is 0 Å². The lowest BCUT2D eigenvalue weighted by Gasteiger charge is -1.95. The lowest BCUT2D eigenvalue weighted by Crippen LogP contribution is -2.57. The summed E-state index contributed by atoms with van der Waals surface area (Å²) in [7, 11) is 0. The highest BCUT2D eigenvalue weighted by Gasteiger charge is 2.25. The van der Waals surface area contributed by atoms with Crippen LogP contribution in [0.15, 0.2) is 4.42 Å². The molecule has 0 saturated heterocycles. The molecule has 1 heterocycles. The van der Waals surface area contributed by atoms with Gasteiger partial charge in [-0.15, -0.1) is 0 Å². The fraction of sp³-hybridized carbons (Fsp3) is 0.222. The Hall–Kier alpha value is -2.13. The highest BCUT2D eigenvalue weighted by atomic mass is 16.3. The standard InChI is InChI=1S/C9H9N3O3/c1-4-5(2-7(11)13)8(9(12)14)6(3-10)15-4/h2H2,1H3,(H2,11,13)(H2,12,14)/p+1. The molecule has 0 fully saturated rings. The third-order valence-corrected chi connectivity index (χ3v) is 1.94. The smallest absolute Gasteiger partial charge is 0.346 e. The van der Waals surface area contributed by atoms with E-state index < -0.39 is 11.8 Å². The van der Waals surface area contributed by atoms with Crippen LogP contribution in [0.5, 0.6) is 0 Å². The molecule has 1 rings (SSSR count). The van der Waals surface area contributed by atoms with Crippen molar-refractivity contribution in [3.63, 3.8) is 0 Å². The number of hydrogen-bond donors (Lipinski definition) is 2. The molecule has 0 aliphatic rings. The van der Waals surface area contributed by atoms with E-state index in [0.717, 1.165) is 0 Å². The minimum atomic E-state index is -0.592. The number of hydrogen-bond acceptors (Lipinski definition) is 4. The predicted octanol–water partition coefficient (Wildman–Crippen LogP) is -1.13. The molecule has 0 bridgehead atoms. The molecule has 5 N–H and O–H groups in total. The van der Waals surface area contributed by atoms with Crippen LogP contribution in [0.2, 0.25) is 0 Å². The largest absolute Gasteiger partial charge is 0.450 e. The third kappa shape index (κ3) is 2.03. The summed E-state index contributed by atoms with van der Waals surface area (Å²) in [5, 5.41) is 8.70. The topological polar surface area (TPSA) is 125 Å². The maximum absolute atomic E-state index is 11.2. The minimum absolute atomic E-state index is 0.0498. The molecule has 0 unspecified atom stereocenters. The Bertz CT molecular complexity index is 468. The molecule has 1 aromatic rings. The predicted molar refractivity (Wildman–Crippen MR) is 48.3 cm³/mol. The number of rotatable bonds is 3. The van der Waals surface area contributed by atoms with Crippen molar-refractivity contribution in [2.24, 2.45) is 5.73 Å². The maximum Gasteiger partial charge on any atom is 0.346 e. The Kier molecular flexibility index (Phi) is 2.87. The second-order valence-electron chi connectivity index (χ2n) is 3.02. The van der Waals surface area contributed by atoms with E-state index in [0.29, 0.717) is 11.3 Å². The number of furan rings is 1. The quantitative estimate of drug-likeness (QED) is 0.651. The molecule has 0 aliphatic heterocycles. The zero-order valence-corrected chi connectivity index (χ0v) is 8.16. The molecule has 2 amide bonds. The second-order valence-corrected chi connectivity index (χ2v) is 3.02. The number of carbonyl (C=O) groups excluding carboxylic acids is 2. The van der Waals surface area contributed by atoms with Crippen LogP contribution in [0.4, 0.5) is 0 Å². The monoisotopic (exact) mass is 208 g/mol. The van der Waals surface area contributed by atoms with Crippen molar-refractivity contribution in [3.8, 4) is 6.07 Å². The Balaban J connectivity index is 3.36. The van der Waals surface area contributed by atoms with E-state index in [-0.39, 0.29) is 17.7 Å². The fourth-order valence-electron chi connectivity index (χ4n) is 1.34. The molecule has 15 heavy (non-hydrogen) atoms. The molecule has 0 saturated carbocycles. The first-order valence-electron chi connectivity index (χ1n) is 4.14. The van der Waals surface area contributed by atoms with Gasteiger partial charge in [0, 0.05) is 5.56 Å². The minimum Gasteiger partial charge on any atom is -0.450 e. The van der Waals surface area contributed by atoms with Crippen LogP contribution in [-0.4, -0.2) is 11.8 Å². The van der Waals surface area contributed by atoms with Crippen molar-refractivity contribution < 1.29 is 19.7 Å². The van der Waals surface area contributed by atoms with Crippen molar-refractivity contribution in [2.45, 2.75) is 13.3 Å². The Labute approximate surface area is 85.4 Å². The summed E-state index contributed by atoms with van der Waals surface area (Å²) < 4.78 is 5.03. The zero-order valence-electron chi connectivity index (χ0n) is 8.16. The van der Waals surface area contributed by atoms with Crippen molar-refractivity contribution in [1.29, 1.82) is 5.26 Å². The molecule has 6 nitrogen and oxygen atoms in total. The van der Waals surface area contributed by atoms with Crippen LogP contribution >= 0.6 is 0 Å². The van der Waals surface area contributed by atoms with Gasteiger partial charge in [0.05, 0.1) is 6.42 Å². The van der Waals surface area contributed by atoms with Crippen molar-refractivity contribution >= 4 is 11.8 Å². The van der Waals surface area contributed by atoms with Crippen LogP contribution in [0.1, 0.15) is 27.4 Å². The molecular formula is C9H10N3O3+. The molecule has 0 aliphatic carbocycles. The van der Waals surface area contributed by atoms with Gasteiger partial charge in [0.15, 0.2) is 0 Å². The van der Waals surface area contributed by atoms with E-state index in [4.69, 9.17) is 15.4 Å². The summed E-state index contributed by atoms with van der Waals surface area (Å²) in [4.78, 5) is 21.9. The molecule has 78 valence electrons. The third-order valence-electron chi connectivity index (χ3n) is 1.94. The molecule has 0 radical (unpaired) electrons. The summed E-state index contributed by atoms with van der Waals surface area (Å²) in [6.07, 6.45) is -0.131. The average Bonchev–Trinajstić information content (AvgIpc) is 2.42.